The zero-order chi connectivity index (χ0) is 12.6. The van der Waals surface area contributed by atoms with Crippen LogP contribution < -0.4 is 0 Å². The van der Waals surface area contributed by atoms with Gasteiger partial charge in [-0.1, -0.05) is 30.3 Å². The summed E-state index contributed by atoms with van der Waals surface area (Å²) in [5, 5.41) is 0. The van der Waals surface area contributed by atoms with Crippen molar-refractivity contribution in [3.63, 3.8) is 0 Å². The molecule has 1 heterocycles. The van der Waals surface area contributed by atoms with Crippen molar-refractivity contribution in [3.05, 3.63) is 35.9 Å². The fraction of sp³-hybridized carbons (Fsp3) is 0.625. The van der Waals surface area contributed by atoms with Crippen LogP contribution in [0.4, 0.5) is 0 Å². The molecule has 1 aliphatic rings. The number of piperidine rings is 1. The van der Waals surface area contributed by atoms with E-state index in [1.165, 1.54) is 37.9 Å². The third kappa shape index (κ3) is 4.43. The van der Waals surface area contributed by atoms with Gasteiger partial charge in [0.2, 0.25) is 0 Å². The Labute approximate surface area is 111 Å². The van der Waals surface area contributed by atoms with E-state index in [1.54, 1.807) is 0 Å². The molecule has 0 aliphatic carbocycles. The van der Waals surface area contributed by atoms with E-state index in [1.807, 2.05) is 0 Å². The maximum atomic E-state index is 5.42. The molecule has 1 saturated heterocycles. The SMILES string of the molecule is CCOCCN1CCC(Cc2ccccc2)CC1. The first-order valence-electron chi connectivity index (χ1n) is 7.22. The highest BCUT2D eigenvalue weighted by Gasteiger charge is 2.18. The van der Waals surface area contributed by atoms with Crippen molar-refractivity contribution in [3.8, 4) is 0 Å². The summed E-state index contributed by atoms with van der Waals surface area (Å²) in [6.45, 7) is 7.37. The van der Waals surface area contributed by atoms with E-state index in [0.29, 0.717) is 0 Å². The predicted octanol–water partition coefficient (Wildman–Crippen LogP) is 2.98. The Morgan fingerprint density at radius 2 is 1.89 bits per heavy atom. The van der Waals surface area contributed by atoms with Crippen LogP contribution in [-0.4, -0.2) is 37.7 Å². The number of likely N-dealkylation sites (tertiary alicyclic amines) is 1. The first-order chi connectivity index (χ1) is 8.88. The number of hydrogen-bond donors (Lipinski definition) is 0. The zero-order valence-corrected chi connectivity index (χ0v) is 11.5. The van der Waals surface area contributed by atoms with Crippen LogP contribution in [0.2, 0.25) is 0 Å². The van der Waals surface area contributed by atoms with Crippen LogP contribution in [0.1, 0.15) is 25.3 Å². The third-order valence-corrected chi connectivity index (χ3v) is 3.83. The van der Waals surface area contributed by atoms with Gasteiger partial charge in [0.1, 0.15) is 0 Å². The molecule has 0 radical (unpaired) electrons. The standard InChI is InChI=1S/C16H25NO/c1-2-18-13-12-17-10-8-16(9-11-17)14-15-6-4-3-5-7-15/h3-7,16H,2,8-14H2,1H3. The molecule has 1 aromatic carbocycles. The fourth-order valence-electron chi connectivity index (χ4n) is 2.70. The molecule has 0 bridgehead atoms. The molecule has 0 saturated carbocycles. The van der Waals surface area contributed by atoms with Crippen LogP contribution in [0, 0.1) is 5.92 Å². The number of hydrogen-bond acceptors (Lipinski definition) is 2. The van der Waals surface area contributed by atoms with Crippen LogP contribution in [0.5, 0.6) is 0 Å². The number of benzene rings is 1. The van der Waals surface area contributed by atoms with Gasteiger partial charge in [-0.25, -0.2) is 0 Å². The summed E-state index contributed by atoms with van der Waals surface area (Å²) in [6, 6.07) is 10.9. The van der Waals surface area contributed by atoms with E-state index in [-0.39, 0.29) is 0 Å². The van der Waals surface area contributed by atoms with E-state index < -0.39 is 0 Å². The maximum absolute atomic E-state index is 5.42. The quantitative estimate of drug-likeness (QED) is 0.717. The fourth-order valence-corrected chi connectivity index (χ4v) is 2.70. The Bertz CT molecular complexity index is 317. The summed E-state index contributed by atoms with van der Waals surface area (Å²) in [5.74, 6) is 0.871. The second-order valence-corrected chi connectivity index (χ2v) is 5.17. The minimum atomic E-state index is 0.838. The number of rotatable bonds is 6. The Balaban J connectivity index is 1.67. The van der Waals surface area contributed by atoms with Gasteiger partial charge in [-0.05, 0) is 50.8 Å². The van der Waals surface area contributed by atoms with E-state index in [4.69, 9.17) is 4.74 Å². The van der Waals surface area contributed by atoms with Crippen molar-refractivity contribution in [2.24, 2.45) is 5.92 Å². The highest BCUT2D eigenvalue weighted by molar-refractivity contribution is 5.15. The first-order valence-corrected chi connectivity index (χ1v) is 7.22. The average molecular weight is 247 g/mol. The maximum Gasteiger partial charge on any atom is 0.0593 e. The molecular weight excluding hydrogens is 222 g/mol. The van der Waals surface area contributed by atoms with Gasteiger partial charge in [-0.15, -0.1) is 0 Å². The molecule has 2 heteroatoms. The largest absolute Gasteiger partial charge is 0.380 e. The summed E-state index contributed by atoms with van der Waals surface area (Å²) >= 11 is 0. The molecular formula is C16H25NO. The molecule has 2 nitrogen and oxygen atoms in total. The smallest absolute Gasteiger partial charge is 0.0593 e. The van der Waals surface area contributed by atoms with Crippen molar-refractivity contribution >= 4 is 0 Å². The lowest BCUT2D eigenvalue weighted by atomic mass is 9.90. The molecule has 0 spiro atoms. The van der Waals surface area contributed by atoms with E-state index in [9.17, 15) is 0 Å². The molecule has 0 aromatic heterocycles. The van der Waals surface area contributed by atoms with Crippen LogP contribution in [0.15, 0.2) is 30.3 Å². The van der Waals surface area contributed by atoms with E-state index in [2.05, 4.69) is 42.2 Å². The number of ether oxygens (including phenoxy) is 1. The van der Waals surface area contributed by atoms with Crippen LogP contribution in [0.25, 0.3) is 0 Å². The highest BCUT2D eigenvalue weighted by atomic mass is 16.5. The lowest BCUT2D eigenvalue weighted by Crippen LogP contribution is -2.36. The van der Waals surface area contributed by atoms with Gasteiger partial charge in [0.25, 0.3) is 0 Å². The summed E-state index contributed by atoms with van der Waals surface area (Å²) in [5.41, 5.74) is 1.49. The van der Waals surface area contributed by atoms with Gasteiger partial charge in [-0.2, -0.15) is 0 Å². The van der Waals surface area contributed by atoms with E-state index in [0.717, 1.165) is 25.7 Å². The lowest BCUT2D eigenvalue weighted by Gasteiger charge is -2.31. The molecule has 1 aliphatic heterocycles. The molecule has 1 aromatic rings. The minimum Gasteiger partial charge on any atom is -0.380 e. The van der Waals surface area contributed by atoms with Gasteiger partial charge < -0.3 is 9.64 Å². The van der Waals surface area contributed by atoms with Crippen molar-refractivity contribution in [1.82, 2.24) is 4.90 Å². The Morgan fingerprint density at radius 1 is 1.17 bits per heavy atom. The molecule has 0 amide bonds. The molecule has 1 fully saturated rings. The van der Waals surface area contributed by atoms with Crippen LogP contribution >= 0.6 is 0 Å². The van der Waals surface area contributed by atoms with Crippen molar-refractivity contribution in [1.29, 1.82) is 0 Å². The third-order valence-electron chi connectivity index (χ3n) is 3.83. The second kappa shape index (κ2) is 7.55. The zero-order valence-electron chi connectivity index (χ0n) is 11.5. The highest BCUT2D eigenvalue weighted by Crippen LogP contribution is 2.21. The first kappa shape index (κ1) is 13.6. The van der Waals surface area contributed by atoms with Crippen LogP contribution in [0.3, 0.4) is 0 Å². The summed E-state index contributed by atoms with van der Waals surface area (Å²) < 4.78 is 5.42. The summed E-state index contributed by atoms with van der Waals surface area (Å²) in [6.07, 6.45) is 3.92. The molecule has 100 valence electrons. The Hall–Kier alpha value is -0.860. The average Bonchev–Trinajstić information content (AvgIpc) is 2.42. The topological polar surface area (TPSA) is 12.5 Å². The van der Waals surface area contributed by atoms with Gasteiger partial charge in [0, 0.05) is 13.2 Å². The van der Waals surface area contributed by atoms with Crippen molar-refractivity contribution in [2.45, 2.75) is 26.2 Å². The molecule has 18 heavy (non-hydrogen) atoms. The van der Waals surface area contributed by atoms with Crippen molar-refractivity contribution in [2.75, 3.05) is 32.8 Å². The van der Waals surface area contributed by atoms with Gasteiger partial charge in [0.15, 0.2) is 0 Å². The molecule has 0 N–H and O–H groups in total. The van der Waals surface area contributed by atoms with E-state index >= 15 is 0 Å². The summed E-state index contributed by atoms with van der Waals surface area (Å²) in [7, 11) is 0. The van der Waals surface area contributed by atoms with Crippen molar-refractivity contribution < 1.29 is 4.74 Å². The monoisotopic (exact) mass is 247 g/mol. The molecule has 0 atom stereocenters. The number of nitrogens with zero attached hydrogens (tertiary/aromatic N) is 1. The summed E-state index contributed by atoms with van der Waals surface area (Å²) in [4.78, 5) is 2.54. The molecule has 2 rings (SSSR count). The van der Waals surface area contributed by atoms with Gasteiger partial charge in [-0.3, -0.25) is 0 Å². The second-order valence-electron chi connectivity index (χ2n) is 5.17. The molecule has 0 unspecified atom stereocenters. The Morgan fingerprint density at radius 3 is 2.56 bits per heavy atom. The normalized spacial score (nSPS) is 18.1. The minimum absolute atomic E-state index is 0.838. The predicted molar refractivity (Wildman–Crippen MR) is 75.8 cm³/mol. The van der Waals surface area contributed by atoms with Gasteiger partial charge >= 0.3 is 0 Å². The van der Waals surface area contributed by atoms with Crippen LogP contribution in [-0.2, 0) is 11.2 Å². The lowest BCUT2D eigenvalue weighted by molar-refractivity contribution is 0.0957. The van der Waals surface area contributed by atoms with Gasteiger partial charge in [0.05, 0.1) is 6.61 Å². The Kier molecular flexibility index (Phi) is 5.69.